The van der Waals surface area contributed by atoms with Gasteiger partial charge in [-0.25, -0.2) is 13.6 Å². The van der Waals surface area contributed by atoms with E-state index in [0.29, 0.717) is 32.0 Å². The number of nitrogens with zero attached hydrogens (tertiary/aromatic N) is 4. The lowest BCUT2D eigenvalue weighted by Crippen LogP contribution is -2.50. The van der Waals surface area contributed by atoms with E-state index in [1.165, 1.54) is 0 Å². The Morgan fingerprint density at radius 3 is 2.35 bits per heavy atom. The molecule has 7 nitrogen and oxygen atoms in total. The fourth-order valence-corrected chi connectivity index (χ4v) is 3.34. The molecule has 3 aromatic rings. The molecule has 2 aromatic carbocycles. The summed E-state index contributed by atoms with van der Waals surface area (Å²) in [7, 11) is 1.62. The second-order valence-corrected chi connectivity index (χ2v) is 7.03. The van der Waals surface area contributed by atoms with Crippen LogP contribution in [0.5, 0.6) is 5.75 Å². The Labute approximate surface area is 178 Å². The number of nitrogens with one attached hydrogen (secondary N) is 1. The maximum atomic E-state index is 13.7. The molecule has 0 unspecified atom stereocenters. The first-order valence-corrected chi connectivity index (χ1v) is 9.77. The molecule has 0 spiro atoms. The number of carbonyl (C=O) groups excluding carboxylic acids is 1. The average molecular weight is 425 g/mol. The van der Waals surface area contributed by atoms with E-state index in [1.54, 1.807) is 12.0 Å². The van der Waals surface area contributed by atoms with Gasteiger partial charge < -0.3 is 19.9 Å². The molecule has 160 valence electrons. The van der Waals surface area contributed by atoms with Crippen molar-refractivity contribution in [2.75, 3.05) is 43.5 Å². The SMILES string of the molecule is COc1ccc(-c2ccc(N3CCN(C(=O)Nc4cc(F)ccc4F)CC3)nn2)cc1. The van der Waals surface area contributed by atoms with Gasteiger partial charge in [-0.3, -0.25) is 0 Å². The van der Waals surface area contributed by atoms with Crippen molar-refractivity contribution in [2.24, 2.45) is 0 Å². The van der Waals surface area contributed by atoms with Crippen LogP contribution in [-0.2, 0) is 0 Å². The fraction of sp³-hybridized carbons (Fsp3) is 0.227. The van der Waals surface area contributed by atoms with Crippen molar-refractivity contribution >= 4 is 17.5 Å². The van der Waals surface area contributed by atoms with Crippen molar-refractivity contribution < 1.29 is 18.3 Å². The largest absolute Gasteiger partial charge is 0.497 e. The molecule has 9 heteroatoms. The number of hydrogen-bond acceptors (Lipinski definition) is 5. The molecule has 0 atom stereocenters. The summed E-state index contributed by atoms with van der Waals surface area (Å²) in [4.78, 5) is 16.0. The Morgan fingerprint density at radius 2 is 1.71 bits per heavy atom. The van der Waals surface area contributed by atoms with Gasteiger partial charge in [0.25, 0.3) is 0 Å². The first-order chi connectivity index (χ1) is 15.0. The molecule has 1 aromatic heterocycles. The Morgan fingerprint density at radius 1 is 0.968 bits per heavy atom. The molecular formula is C22H21F2N5O2. The van der Waals surface area contributed by atoms with E-state index in [0.717, 1.165) is 35.2 Å². The summed E-state index contributed by atoms with van der Waals surface area (Å²) >= 11 is 0. The Bertz CT molecular complexity index is 1050. The number of aromatic nitrogens is 2. The highest BCUT2D eigenvalue weighted by Gasteiger charge is 2.23. The van der Waals surface area contributed by atoms with Gasteiger partial charge in [0.15, 0.2) is 5.82 Å². The normalized spacial score (nSPS) is 13.8. The van der Waals surface area contributed by atoms with E-state index in [-0.39, 0.29) is 5.69 Å². The highest BCUT2D eigenvalue weighted by molar-refractivity contribution is 5.89. The molecule has 4 rings (SSSR count). The number of amides is 2. The van der Waals surface area contributed by atoms with Crippen LogP contribution in [0.3, 0.4) is 0 Å². The molecule has 0 radical (unpaired) electrons. The lowest BCUT2D eigenvalue weighted by molar-refractivity contribution is 0.208. The van der Waals surface area contributed by atoms with Crippen LogP contribution in [0.15, 0.2) is 54.6 Å². The average Bonchev–Trinajstić information content (AvgIpc) is 2.82. The molecule has 2 heterocycles. The van der Waals surface area contributed by atoms with Gasteiger partial charge >= 0.3 is 6.03 Å². The number of hydrogen-bond donors (Lipinski definition) is 1. The Balaban J connectivity index is 1.35. The molecule has 1 aliphatic heterocycles. The summed E-state index contributed by atoms with van der Waals surface area (Å²) in [5, 5.41) is 11.0. The van der Waals surface area contributed by atoms with Gasteiger partial charge in [-0.15, -0.1) is 10.2 Å². The number of carbonyl (C=O) groups is 1. The van der Waals surface area contributed by atoms with Crippen molar-refractivity contribution in [1.82, 2.24) is 15.1 Å². The third-order valence-electron chi connectivity index (χ3n) is 5.10. The van der Waals surface area contributed by atoms with Crippen LogP contribution < -0.4 is 15.0 Å². The minimum atomic E-state index is -0.680. The zero-order chi connectivity index (χ0) is 21.8. The van der Waals surface area contributed by atoms with E-state index < -0.39 is 17.7 Å². The third kappa shape index (κ3) is 4.71. The second-order valence-electron chi connectivity index (χ2n) is 7.03. The number of urea groups is 1. The van der Waals surface area contributed by atoms with Gasteiger partial charge in [0.1, 0.15) is 17.4 Å². The number of halogens is 2. The number of methoxy groups -OCH3 is 1. The first kappa shape index (κ1) is 20.5. The molecule has 1 saturated heterocycles. The molecule has 2 amide bonds. The summed E-state index contributed by atoms with van der Waals surface area (Å²) in [6.45, 7) is 1.95. The standard InChI is InChI=1S/C22H21F2N5O2/c1-31-17-5-2-15(3-6-17)19-8-9-21(27-26-19)28-10-12-29(13-11-28)22(30)25-20-14-16(23)4-7-18(20)24/h2-9,14H,10-13H2,1H3,(H,25,30). The van der Waals surface area contributed by atoms with E-state index in [2.05, 4.69) is 15.5 Å². The summed E-state index contributed by atoms with van der Waals surface area (Å²) in [6, 6.07) is 13.8. The fourth-order valence-electron chi connectivity index (χ4n) is 3.34. The van der Waals surface area contributed by atoms with Crippen LogP contribution in [-0.4, -0.2) is 54.4 Å². The van der Waals surface area contributed by atoms with E-state index in [4.69, 9.17) is 4.74 Å². The second kappa shape index (κ2) is 8.95. The molecule has 0 bridgehead atoms. The molecular weight excluding hydrogens is 404 g/mol. The summed E-state index contributed by atoms with van der Waals surface area (Å²) < 4.78 is 32.2. The number of piperazine rings is 1. The predicted octanol–water partition coefficient (Wildman–Crippen LogP) is 3.78. The van der Waals surface area contributed by atoms with Crippen LogP contribution in [0, 0.1) is 11.6 Å². The number of anilines is 2. The van der Waals surface area contributed by atoms with E-state index >= 15 is 0 Å². The summed E-state index contributed by atoms with van der Waals surface area (Å²) in [5.41, 5.74) is 1.51. The maximum absolute atomic E-state index is 13.7. The molecule has 1 N–H and O–H groups in total. The van der Waals surface area contributed by atoms with Crippen LogP contribution in [0.2, 0.25) is 0 Å². The van der Waals surface area contributed by atoms with Gasteiger partial charge in [0, 0.05) is 37.8 Å². The third-order valence-corrected chi connectivity index (χ3v) is 5.10. The van der Waals surface area contributed by atoms with Crippen LogP contribution >= 0.6 is 0 Å². The first-order valence-electron chi connectivity index (χ1n) is 9.77. The van der Waals surface area contributed by atoms with Crippen molar-refractivity contribution in [3.05, 3.63) is 66.2 Å². The Hall–Kier alpha value is -3.75. The minimum absolute atomic E-state index is 0.174. The topological polar surface area (TPSA) is 70.6 Å². The summed E-state index contributed by atoms with van der Waals surface area (Å²) in [5.74, 6) is 0.197. The molecule has 1 fully saturated rings. The molecule has 1 aliphatic rings. The lowest BCUT2D eigenvalue weighted by atomic mass is 10.1. The number of rotatable bonds is 4. The van der Waals surface area contributed by atoms with Crippen molar-refractivity contribution in [1.29, 1.82) is 0 Å². The predicted molar refractivity (Wildman–Crippen MR) is 113 cm³/mol. The van der Waals surface area contributed by atoms with E-state index in [9.17, 15) is 13.6 Å². The monoisotopic (exact) mass is 425 g/mol. The molecule has 31 heavy (non-hydrogen) atoms. The van der Waals surface area contributed by atoms with Crippen LogP contribution in [0.4, 0.5) is 25.1 Å². The quantitative estimate of drug-likeness (QED) is 0.689. The highest BCUT2D eigenvalue weighted by Crippen LogP contribution is 2.22. The van der Waals surface area contributed by atoms with E-state index in [1.807, 2.05) is 41.3 Å². The van der Waals surface area contributed by atoms with Crippen LogP contribution in [0.1, 0.15) is 0 Å². The van der Waals surface area contributed by atoms with Crippen LogP contribution in [0.25, 0.3) is 11.3 Å². The van der Waals surface area contributed by atoms with Gasteiger partial charge in [-0.2, -0.15) is 0 Å². The Kier molecular flexibility index (Phi) is 5.92. The maximum Gasteiger partial charge on any atom is 0.322 e. The zero-order valence-corrected chi connectivity index (χ0v) is 16.9. The molecule has 0 aliphatic carbocycles. The van der Waals surface area contributed by atoms with Gasteiger partial charge in [0.2, 0.25) is 0 Å². The summed E-state index contributed by atoms with van der Waals surface area (Å²) in [6.07, 6.45) is 0. The molecule has 0 saturated carbocycles. The lowest BCUT2D eigenvalue weighted by Gasteiger charge is -2.35. The van der Waals surface area contributed by atoms with Crippen molar-refractivity contribution in [2.45, 2.75) is 0 Å². The number of ether oxygens (including phenoxy) is 1. The van der Waals surface area contributed by atoms with Gasteiger partial charge in [0.05, 0.1) is 18.5 Å². The van der Waals surface area contributed by atoms with Gasteiger partial charge in [-0.1, -0.05) is 0 Å². The number of benzene rings is 2. The zero-order valence-electron chi connectivity index (χ0n) is 16.9. The van der Waals surface area contributed by atoms with Crippen molar-refractivity contribution in [3.63, 3.8) is 0 Å². The minimum Gasteiger partial charge on any atom is -0.497 e. The van der Waals surface area contributed by atoms with Crippen molar-refractivity contribution in [3.8, 4) is 17.0 Å². The van der Waals surface area contributed by atoms with Gasteiger partial charge in [-0.05, 0) is 48.5 Å². The highest BCUT2D eigenvalue weighted by atomic mass is 19.1. The smallest absolute Gasteiger partial charge is 0.322 e.